The minimum absolute atomic E-state index is 0.0198. The lowest BCUT2D eigenvalue weighted by Gasteiger charge is -2.43. The molecule has 0 saturated carbocycles. The molecule has 18 heavy (non-hydrogen) atoms. The van der Waals surface area contributed by atoms with E-state index in [4.69, 9.17) is 14.2 Å². The third kappa shape index (κ3) is 3.03. The molecule has 0 aromatic carbocycles. The van der Waals surface area contributed by atoms with Gasteiger partial charge in [-0.3, -0.25) is 0 Å². The summed E-state index contributed by atoms with van der Waals surface area (Å²) in [5.74, 6) is 0. The maximum atomic E-state index is 9.49. The molecular formula is C13H24O5. The molecular weight excluding hydrogens is 236 g/mol. The highest BCUT2D eigenvalue weighted by molar-refractivity contribution is 4.90. The molecule has 4 atom stereocenters. The van der Waals surface area contributed by atoms with Crippen molar-refractivity contribution in [3.63, 3.8) is 0 Å². The highest BCUT2D eigenvalue weighted by Gasteiger charge is 2.41. The van der Waals surface area contributed by atoms with Crippen LogP contribution < -0.4 is 0 Å². The third-order valence-electron chi connectivity index (χ3n) is 3.94. The van der Waals surface area contributed by atoms with Crippen LogP contribution in [0.15, 0.2) is 0 Å². The molecule has 2 fully saturated rings. The Morgan fingerprint density at radius 2 is 2.00 bits per heavy atom. The Bertz CT molecular complexity index is 260. The molecule has 5 heteroatoms. The van der Waals surface area contributed by atoms with Crippen LogP contribution in [0.25, 0.3) is 0 Å². The van der Waals surface area contributed by atoms with Gasteiger partial charge in [0.2, 0.25) is 0 Å². The monoisotopic (exact) mass is 260 g/mol. The molecule has 2 rings (SSSR count). The number of aliphatic hydroxyl groups excluding tert-OH is 2. The smallest absolute Gasteiger partial charge is 0.114 e. The van der Waals surface area contributed by atoms with E-state index in [2.05, 4.69) is 0 Å². The first-order chi connectivity index (χ1) is 8.69. The van der Waals surface area contributed by atoms with Crippen molar-refractivity contribution in [1.82, 2.24) is 0 Å². The molecule has 0 amide bonds. The van der Waals surface area contributed by atoms with Gasteiger partial charge in [-0.15, -0.1) is 0 Å². The van der Waals surface area contributed by atoms with Gasteiger partial charge in [-0.05, 0) is 32.6 Å². The summed E-state index contributed by atoms with van der Waals surface area (Å²) in [5.41, 5.74) is -0.629. The van der Waals surface area contributed by atoms with Crippen LogP contribution in [0.5, 0.6) is 0 Å². The minimum atomic E-state index is -0.629. The SMILES string of the molecule is C[C@@]1(CO)OCCC[C@H]1O[C@H]1CCCO[C@@H]1CO. The maximum absolute atomic E-state index is 9.49. The van der Waals surface area contributed by atoms with Crippen molar-refractivity contribution in [2.75, 3.05) is 26.4 Å². The van der Waals surface area contributed by atoms with Gasteiger partial charge < -0.3 is 24.4 Å². The molecule has 106 valence electrons. The van der Waals surface area contributed by atoms with Crippen molar-refractivity contribution in [3.05, 3.63) is 0 Å². The van der Waals surface area contributed by atoms with E-state index in [1.165, 1.54) is 0 Å². The summed E-state index contributed by atoms with van der Waals surface area (Å²) in [6.45, 7) is 3.17. The van der Waals surface area contributed by atoms with Gasteiger partial charge in [0.25, 0.3) is 0 Å². The Labute approximate surface area is 108 Å². The van der Waals surface area contributed by atoms with E-state index in [1.807, 2.05) is 6.92 Å². The molecule has 0 bridgehead atoms. The summed E-state index contributed by atoms with van der Waals surface area (Å²) >= 11 is 0. The lowest BCUT2D eigenvalue weighted by Crippen LogP contribution is -2.53. The molecule has 0 radical (unpaired) electrons. The van der Waals surface area contributed by atoms with Crippen molar-refractivity contribution in [1.29, 1.82) is 0 Å². The first-order valence-corrected chi connectivity index (χ1v) is 6.82. The number of ether oxygens (including phenoxy) is 3. The van der Waals surface area contributed by atoms with Crippen LogP contribution in [0, 0.1) is 0 Å². The molecule has 0 unspecified atom stereocenters. The molecule has 2 saturated heterocycles. The zero-order chi connectivity index (χ0) is 13.0. The highest BCUT2D eigenvalue weighted by Crippen LogP contribution is 2.30. The summed E-state index contributed by atoms with van der Waals surface area (Å²) in [4.78, 5) is 0. The highest BCUT2D eigenvalue weighted by atomic mass is 16.6. The number of aliphatic hydroxyl groups is 2. The third-order valence-corrected chi connectivity index (χ3v) is 3.94. The van der Waals surface area contributed by atoms with Gasteiger partial charge in [-0.2, -0.15) is 0 Å². The molecule has 0 aromatic heterocycles. The second-order valence-corrected chi connectivity index (χ2v) is 5.36. The Morgan fingerprint density at radius 1 is 1.22 bits per heavy atom. The van der Waals surface area contributed by atoms with Crippen LogP contribution in [0.3, 0.4) is 0 Å². The van der Waals surface area contributed by atoms with Crippen LogP contribution in [0.2, 0.25) is 0 Å². The van der Waals surface area contributed by atoms with E-state index >= 15 is 0 Å². The van der Waals surface area contributed by atoms with E-state index in [0.29, 0.717) is 13.2 Å². The normalized spacial score (nSPS) is 41.8. The lowest BCUT2D eigenvalue weighted by molar-refractivity contribution is -0.224. The number of hydrogen-bond acceptors (Lipinski definition) is 5. The second kappa shape index (κ2) is 6.30. The summed E-state index contributed by atoms with van der Waals surface area (Å²) in [5, 5.41) is 18.8. The van der Waals surface area contributed by atoms with E-state index in [-0.39, 0.29) is 31.5 Å². The lowest BCUT2D eigenvalue weighted by atomic mass is 9.92. The Hall–Kier alpha value is -0.200. The molecule has 0 aromatic rings. The van der Waals surface area contributed by atoms with Gasteiger partial charge in [-0.25, -0.2) is 0 Å². The van der Waals surface area contributed by atoms with Crippen molar-refractivity contribution >= 4 is 0 Å². The molecule has 2 heterocycles. The predicted molar refractivity (Wildman–Crippen MR) is 65.4 cm³/mol. The van der Waals surface area contributed by atoms with Crippen molar-refractivity contribution in [2.45, 2.75) is 56.5 Å². The largest absolute Gasteiger partial charge is 0.394 e. The summed E-state index contributed by atoms with van der Waals surface area (Å²) in [7, 11) is 0. The van der Waals surface area contributed by atoms with Gasteiger partial charge in [0, 0.05) is 13.2 Å². The van der Waals surface area contributed by atoms with Crippen LogP contribution in [0.4, 0.5) is 0 Å². The first-order valence-electron chi connectivity index (χ1n) is 6.82. The topological polar surface area (TPSA) is 68.2 Å². The minimum Gasteiger partial charge on any atom is -0.394 e. The van der Waals surface area contributed by atoms with E-state index in [0.717, 1.165) is 25.7 Å². The maximum Gasteiger partial charge on any atom is 0.114 e. The van der Waals surface area contributed by atoms with Gasteiger partial charge in [0.05, 0.1) is 25.4 Å². The fourth-order valence-corrected chi connectivity index (χ4v) is 2.68. The van der Waals surface area contributed by atoms with Gasteiger partial charge >= 0.3 is 0 Å². The molecule has 2 aliphatic rings. The second-order valence-electron chi connectivity index (χ2n) is 5.36. The number of rotatable bonds is 4. The Balaban J connectivity index is 1.97. The standard InChI is InChI=1S/C13H24O5/c1-13(9-15)12(5-3-7-17-13)18-10-4-2-6-16-11(10)8-14/h10-12,14-15H,2-9H2,1H3/t10-,11+,12+,13-/m0/s1. The van der Waals surface area contributed by atoms with Gasteiger partial charge in [0.15, 0.2) is 0 Å². The van der Waals surface area contributed by atoms with Crippen LogP contribution in [-0.4, -0.2) is 60.6 Å². The van der Waals surface area contributed by atoms with Gasteiger partial charge in [0.1, 0.15) is 11.7 Å². The summed E-state index contributed by atoms with van der Waals surface area (Å²) < 4.78 is 17.2. The first kappa shape index (κ1) is 14.2. The molecule has 0 spiro atoms. The zero-order valence-electron chi connectivity index (χ0n) is 11.0. The quantitative estimate of drug-likeness (QED) is 0.769. The van der Waals surface area contributed by atoms with Crippen LogP contribution >= 0.6 is 0 Å². The molecule has 0 aliphatic carbocycles. The number of hydrogen-bond donors (Lipinski definition) is 2. The predicted octanol–water partition coefficient (Wildman–Crippen LogP) is 0.473. The molecule has 2 aliphatic heterocycles. The summed E-state index contributed by atoms with van der Waals surface area (Å²) in [6.07, 6.45) is 3.19. The van der Waals surface area contributed by atoms with E-state index in [1.54, 1.807) is 0 Å². The zero-order valence-corrected chi connectivity index (χ0v) is 11.0. The average molecular weight is 260 g/mol. The Morgan fingerprint density at radius 3 is 2.72 bits per heavy atom. The van der Waals surface area contributed by atoms with Gasteiger partial charge in [-0.1, -0.05) is 0 Å². The van der Waals surface area contributed by atoms with Crippen molar-refractivity contribution in [3.8, 4) is 0 Å². The van der Waals surface area contributed by atoms with Crippen molar-refractivity contribution in [2.24, 2.45) is 0 Å². The van der Waals surface area contributed by atoms with E-state index in [9.17, 15) is 10.2 Å². The molecule has 5 nitrogen and oxygen atoms in total. The van der Waals surface area contributed by atoms with Crippen LogP contribution in [0.1, 0.15) is 32.6 Å². The average Bonchev–Trinajstić information content (AvgIpc) is 2.42. The fraction of sp³-hybridized carbons (Fsp3) is 1.00. The van der Waals surface area contributed by atoms with Crippen molar-refractivity contribution < 1.29 is 24.4 Å². The Kier molecular flexibility index (Phi) is 4.98. The summed E-state index contributed by atoms with van der Waals surface area (Å²) in [6, 6.07) is 0. The fourth-order valence-electron chi connectivity index (χ4n) is 2.68. The van der Waals surface area contributed by atoms with Crippen LogP contribution in [-0.2, 0) is 14.2 Å². The van der Waals surface area contributed by atoms with E-state index < -0.39 is 5.60 Å². The molecule has 2 N–H and O–H groups in total.